The van der Waals surface area contributed by atoms with Crippen molar-refractivity contribution in [3.05, 3.63) is 23.6 Å². The van der Waals surface area contributed by atoms with Crippen LogP contribution < -0.4 is 10.6 Å². The summed E-state index contributed by atoms with van der Waals surface area (Å²) in [5.41, 5.74) is 2.06. The van der Waals surface area contributed by atoms with Gasteiger partial charge >= 0.3 is 6.18 Å². The Morgan fingerprint density at radius 2 is 2.13 bits per heavy atom. The molecule has 0 aliphatic heterocycles. The first-order valence-electron chi connectivity index (χ1n) is 6.50. The molecule has 2 N–H and O–H groups in total. The van der Waals surface area contributed by atoms with Crippen molar-refractivity contribution in [3.63, 3.8) is 0 Å². The molecule has 0 spiro atoms. The van der Waals surface area contributed by atoms with Crippen LogP contribution in [0.3, 0.4) is 0 Å². The molecule has 4 nitrogen and oxygen atoms in total. The van der Waals surface area contributed by atoms with Gasteiger partial charge in [-0.1, -0.05) is 6.07 Å². The van der Waals surface area contributed by atoms with Crippen LogP contribution in [0.1, 0.15) is 6.92 Å². The lowest BCUT2D eigenvalue weighted by Gasteiger charge is -2.09. The molecular weight excluding hydrogens is 347 g/mol. The second kappa shape index (κ2) is 7.22. The fraction of sp³-hybridized carbons (Fsp3) is 0.286. The maximum atomic E-state index is 12.2. The number of carbonyl (C=O) groups excluding carboxylic acids is 1. The lowest BCUT2D eigenvalue weighted by atomic mass is 10.1. The van der Waals surface area contributed by atoms with Crippen LogP contribution in [0.25, 0.3) is 11.3 Å². The zero-order chi connectivity index (χ0) is 17.0. The predicted octanol–water partition coefficient (Wildman–Crippen LogP) is 4.46. The van der Waals surface area contributed by atoms with E-state index < -0.39 is 12.7 Å². The molecule has 0 aliphatic carbocycles. The van der Waals surface area contributed by atoms with Crippen LogP contribution in [0, 0.1) is 0 Å². The van der Waals surface area contributed by atoms with Gasteiger partial charge in [-0.15, -0.1) is 23.1 Å². The Balaban J connectivity index is 2.19. The Bertz CT molecular complexity index is 701. The zero-order valence-corrected chi connectivity index (χ0v) is 14.0. The summed E-state index contributed by atoms with van der Waals surface area (Å²) in [6.45, 7) is 0.314. The Morgan fingerprint density at radius 1 is 1.39 bits per heavy atom. The Morgan fingerprint density at radius 3 is 2.74 bits per heavy atom. The third-order valence-electron chi connectivity index (χ3n) is 2.75. The van der Waals surface area contributed by atoms with Crippen molar-refractivity contribution in [1.29, 1.82) is 0 Å². The molecule has 0 bridgehead atoms. The van der Waals surface area contributed by atoms with Crippen LogP contribution in [-0.2, 0) is 4.79 Å². The lowest BCUT2D eigenvalue weighted by Crippen LogP contribution is -2.21. The van der Waals surface area contributed by atoms with Crippen molar-refractivity contribution in [3.8, 4) is 11.3 Å². The maximum absolute atomic E-state index is 12.2. The van der Waals surface area contributed by atoms with E-state index in [4.69, 9.17) is 0 Å². The summed E-state index contributed by atoms with van der Waals surface area (Å²) in [5.74, 6) is -0.166. The summed E-state index contributed by atoms with van der Waals surface area (Å²) >= 11 is 2.58. The molecule has 2 aromatic rings. The minimum atomic E-state index is -4.28. The van der Waals surface area contributed by atoms with E-state index in [1.165, 1.54) is 18.7 Å². The Kier molecular flexibility index (Phi) is 5.53. The molecular formula is C14H14F3N3OS2. The van der Waals surface area contributed by atoms with E-state index in [2.05, 4.69) is 15.6 Å². The average molecular weight is 361 g/mol. The van der Waals surface area contributed by atoms with Gasteiger partial charge in [0.05, 0.1) is 11.4 Å². The Hall–Kier alpha value is -1.74. The second-order valence-corrected chi connectivity index (χ2v) is 6.31. The van der Waals surface area contributed by atoms with Crippen molar-refractivity contribution in [1.82, 2.24) is 4.98 Å². The highest BCUT2D eigenvalue weighted by molar-refractivity contribution is 7.98. The van der Waals surface area contributed by atoms with Crippen LogP contribution in [0.4, 0.5) is 24.0 Å². The van der Waals surface area contributed by atoms with E-state index in [0.717, 1.165) is 21.8 Å². The molecule has 124 valence electrons. The second-order valence-electron chi connectivity index (χ2n) is 4.60. The number of nitrogens with zero attached hydrogens (tertiary/aromatic N) is 1. The molecule has 1 aromatic carbocycles. The average Bonchev–Trinajstić information content (AvgIpc) is 2.93. The summed E-state index contributed by atoms with van der Waals surface area (Å²) in [5, 5.41) is 6.90. The van der Waals surface area contributed by atoms with E-state index in [0.29, 0.717) is 11.4 Å². The molecule has 1 amide bonds. The Labute approximate surface area is 139 Å². The van der Waals surface area contributed by atoms with Crippen molar-refractivity contribution in [2.45, 2.75) is 18.0 Å². The molecule has 9 heteroatoms. The highest BCUT2D eigenvalue weighted by Gasteiger charge is 2.27. The van der Waals surface area contributed by atoms with E-state index >= 15 is 0 Å². The number of carbonyl (C=O) groups is 1. The van der Waals surface area contributed by atoms with Crippen LogP contribution in [0.2, 0.25) is 0 Å². The van der Waals surface area contributed by atoms with Gasteiger partial charge in [0.2, 0.25) is 5.91 Å². The number of anilines is 2. The van der Waals surface area contributed by atoms with E-state index in [1.807, 2.05) is 12.3 Å². The van der Waals surface area contributed by atoms with Crippen molar-refractivity contribution >= 4 is 39.8 Å². The molecule has 0 atom stereocenters. The van der Waals surface area contributed by atoms with Gasteiger partial charge in [0, 0.05) is 22.8 Å². The minimum Gasteiger partial charge on any atom is -0.352 e. The number of benzene rings is 1. The summed E-state index contributed by atoms with van der Waals surface area (Å²) in [6.07, 6.45) is -2.40. The molecule has 0 saturated heterocycles. The van der Waals surface area contributed by atoms with Crippen molar-refractivity contribution in [2.24, 2.45) is 0 Å². The first-order chi connectivity index (χ1) is 10.8. The van der Waals surface area contributed by atoms with Crippen LogP contribution in [-0.4, -0.2) is 29.9 Å². The highest BCUT2D eigenvalue weighted by atomic mass is 32.2. The molecule has 23 heavy (non-hydrogen) atoms. The third-order valence-corrected chi connectivity index (χ3v) is 4.33. The minimum absolute atomic E-state index is 0.166. The number of thiazole rings is 1. The summed E-state index contributed by atoms with van der Waals surface area (Å²) in [4.78, 5) is 16.2. The van der Waals surface area contributed by atoms with Gasteiger partial charge in [0.1, 0.15) is 6.54 Å². The van der Waals surface area contributed by atoms with Gasteiger partial charge in [0.15, 0.2) is 5.13 Å². The van der Waals surface area contributed by atoms with Gasteiger partial charge in [-0.2, -0.15) is 13.2 Å². The number of halogens is 3. The number of nitrogens with one attached hydrogen (secondary N) is 2. The first kappa shape index (κ1) is 17.6. The molecule has 1 heterocycles. The number of amides is 1. The molecule has 0 unspecified atom stereocenters. The lowest BCUT2D eigenvalue weighted by molar-refractivity contribution is -0.115. The molecule has 2 rings (SSSR count). The summed E-state index contributed by atoms with van der Waals surface area (Å²) in [7, 11) is 0. The number of alkyl halides is 3. The predicted molar refractivity (Wildman–Crippen MR) is 88.2 cm³/mol. The monoisotopic (exact) mass is 361 g/mol. The molecule has 1 aromatic heterocycles. The van der Waals surface area contributed by atoms with Gasteiger partial charge in [-0.05, 0) is 18.4 Å². The number of rotatable bonds is 5. The van der Waals surface area contributed by atoms with Gasteiger partial charge in [0.25, 0.3) is 0 Å². The first-order valence-corrected chi connectivity index (χ1v) is 8.61. The molecule has 0 fully saturated rings. The van der Waals surface area contributed by atoms with Crippen LogP contribution >= 0.6 is 23.1 Å². The van der Waals surface area contributed by atoms with Gasteiger partial charge < -0.3 is 10.6 Å². The van der Waals surface area contributed by atoms with Crippen molar-refractivity contribution < 1.29 is 18.0 Å². The smallest absolute Gasteiger partial charge is 0.352 e. The summed E-state index contributed by atoms with van der Waals surface area (Å²) < 4.78 is 36.6. The third kappa shape index (κ3) is 5.14. The number of aromatic nitrogens is 1. The van der Waals surface area contributed by atoms with Gasteiger partial charge in [-0.3, -0.25) is 4.79 Å². The normalized spacial score (nSPS) is 11.3. The molecule has 0 aliphatic rings. The largest absolute Gasteiger partial charge is 0.405 e. The van der Waals surface area contributed by atoms with E-state index in [9.17, 15) is 18.0 Å². The SMILES string of the molecule is CSc1cc(-c2csc(NCC(F)(F)F)n2)ccc1NC(C)=O. The van der Waals surface area contributed by atoms with E-state index in [1.54, 1.807) is 17.5 Å². The quantitative estimate of drug-likeness (QED) is 0.772. The fourth-order valence-electron chi connectivity index (χ4n) is 1.81. The van der Waals surface area contributed by atoms with Crippen LogP contribution in [0.15, 0.2) is 28.5 Å². The number of hydrogen-bond donors (Lipinski definition) is 2. The fourth-order valence-corrected chi connectivity index (χ4v) is 3.11. The number of thioether (sulfide) groups is 1. The standard InChI is InChI=1S/C14H14F3N3OS2/c1-8(21)19-10-4-3-9(5-12(10)22-2)11-6-23-13(20-11)18-7-14(15,16)17/h3-6H,7H2,1-2H3,(H,18,20)(H,19,21). The van der Waals surface area contributed by atoms with Gasteiger partial charge in [-0.25, -0.2) is 4.98 Å². The van der Waals surface area contributed by atoms with Crippen LogP contribution in [0.5, 0.6) is 0 Å². The summed E-state index contributed by atoms with van der Waals surface area (Å²) in [6, 6.07) is 5.37. The molecule has 0 saturated carbocycles. The van der Waals surface area contributed by atoms with Crippen molar-refractivity contribution in [2.75, 3.05) is 23.4 Å². The maximum Gasteiger partial charge on any atom is 0.405 e. The molecule has 0 radical (unpaired) electrons. The number of hydrogen-bond acceptors (Lipinski definition) is 5. The zero-order valence-electron chi connectivity index (χ0n) is 12.3. The van der Waals surface area contributed by atoms with E-state index in [-0.39, 0.29) is 11.0 Å². The topological polar surface area (TPSA) is 54.0 Å². The highest BCUT2D eigenvalue weighted by Crippen LogP contribution is 2.32.